The van der Waals surface area contributed by atoms with Crippen molar-refractivity contribution in [1.82, 2.24) is 0 Å². The Hall–Kier alpha value is -3.59. The summed E-state index contributed by atoms with van der Waals surface area (Å²) in [6.45, 7) is 0.497. The molecule has 0 heterocycles. The van der Waals surface area contributed by atoms with Crippen LogP contribution < -0.4 is 4.74 Å². The topological polar surface area (TPSA) is 46.5 Å². The molecule has 0 saturated heterocycles. The molecule has 4 aromatic rings. The second-order valence-electron chi connectivity index (χ2n) is 6.35. The summed E-state index contributed by atoms with van der Waals surface area (Å²) >= 11 is 0. The van der Waals surface area contributed by atoms with Gasteiger partial charge in [-0.15, -0.1) is 0 Å². The van der Waals surface area contributed by atoms with Gasteiger partial charge in [-0.1, -0.05) is 66.7 Å². The van der Waals surface area contributed by atoms with Crippen molar-refractivity contribution in [3.8, 4) is 16.9 Å². The third-order valence-electron chi connectivity index (χ3n) is 4.53. The van der Waals surface area contributed by atoms with Gasteiger partial charge >= 0.3 is 5.97 Å². The van der Waals surface area contributed by atoms with Crippen LogP contribution in [0.3, 0.4) is 0 Å². The lowest BCUT2D eigenvalue weighted by Crippen LogP contribution is -2.00. The second-order valence-corrected chi connectivity index (χ2v) is 6.35. The van der Waals surface area contributed by atoms with Crippen LogP contribution in [0.4, 0.5) is 0 Å². The van der Waals surface area contributed by atoms with Gasteiger partial charge in [0.05, 0.1) is 5.56 Å². The van der Waals surface area contributed by atoms with E-state index in [-0.39, 0.29) is 0 Å². The van der Waals surface area contributed by atoms with Crippen LogP contribution in [0.5, 0.6) is 5.75 Å². The average molecular weight is 354 g/mol. The molecule has 0 aliphatic carbocycles. The molecule has 132 valence electrons. The molecule has 4 aromatic carbocycles. The third kappa shape index (κ3) is 3.67. The number of aromatic carboxylic acids is 1. The molecule has 4 rings (SSSR count). The molecule has 0 radical (unpaired) electrons. The average Bonchev–Trinajstić information content (AvgIpc) is 2.72. The Morgan fingerprint density at radius 2 is 1.41 bits per heavy atom. The number of rotatable bonds is 5. The number of hydrogen-bond donors (Lipinski definition) is 1. The molecule has 0 bridgehead atoms. The molecular formula is C24H18O3. The highest BCUT2D eigenvalue weighted by Crippen LogP contribution is 2.30. The van der Waals surface area contributed by atoms with Gasteiger partial charge in [0.15, 0.2) is 0 Å². The van der Waals surface area contributed by atoms with Gasteiger partial charge in [0.25, 0.3) is 0 Å². The van der Waals surface area contributed by atoms with E-state index in [4.69, 9.17) is 4.74 Å². The van der Waals surface area contributed by atoms with Gasteiger partial charge in [-0.3, -0.25) is 0 Å². The number of hydrogen-bond acceptors (Lipinski definition) is 2. The van der Waals surface area contributed by atoms with Crippen LogP contribution in [-0.4, -0.2) is 11.1 Å². The van der Waals surface area contributed by atoms with Gasteiger partial charge in [-0.2, -0.15) is 0 Å². The third-order valence-corrected chi connectivity index (χ3v) is 4.53. The lowest BCUT2D eigenvalue weighted by atomic mass is 9.95. The first kappa shape index (κ1) is 16.9. The van der Waals surface area contributed by atoms with E-state index in [1.807, 2.05) is 84.9 Å². The van der Waals surface area contributed by atoms with Crippen molar-refractivity contribution >= 4 is 16.7 Å². The summed E-state index contributed by atoms with van der Waals surface area (Å²) in [5, 5.41) is 11.6. The molecule has 0 spiro atoms. The molecule has 27 heavy (non-hydrogen) atoms. The maximum Gasteiger partial charge on any atom is 0.336 e. The zero-order chi connectivity index (χ0) is 18.6. The van der Waals surface area contributed by atoms with Gasteiger partial charge in [-0.05, 0) is 51.7 Å². The minimum Gasteiger partial charge on any atom is -0.489 e. The molecule has 0 aromatic heterocycles. The summed E-state index contributed by atoms with van der Waals surface area (Å²) in [5.74, 6) is -0.180. The Kier molecular flexibility index (Phi) is 4.58. The smallest absolute Gasteiger partial charge is 0.336 e. The first-order valence-corrected chi connectivity index (χ1v) is 8.74. The Morgan fingerprint density at radius 3 is 2.07 bits per heavy atom. The summed E-state index contributed by atoms with van der Waals surface area (Å²) in [6, 6.07) is 28.9. The minimum atomic E-state index is -0.930. The Labute approximate surface area is 157 Å². The van der Waals surface area contributed by atoms with E-state index < -0.39 is 5.97 Å². The van der Waals surface area contributed by atoms with Crippen LogP contribution in [0.1, 0.15) is 15.9 Å². The maximum atomic E-state index is 11.7. The number of carbonyl (C=O) groups is 1. The summed E-state index contributed by atoms with van der Waals surface area (Å²) in [6.07, 6.45) is 0. The SMILES string of the molecule is O=C(O)c1cc2ccccc2cc1-c1ccc(OCc2ccccc2)cc1. The molecule has 0 aliphatic heterocycles. The van der Waals surface area contributed by atoms with Crippen molar-refractivity contribution in [2.75, 3.05) is 0 Å². The summed E-state index contributed by atoms with van der Waals surface area (Å²) in [7, 11) is 0. The lowest BCUT2D eigenvalue weighted by molar-refractivity contribution is 0.0698. The van der Waals surface area contributed by atoms with Crippen LogP contribution in [0.15, 0.2) is 91.0 Å². The standard InChI is InChI=1S/C24H18O3/c25-24(26)23-15-20-9-5-4-8-19(20)14-22(23)18-10-12-21(13-11-18)27-16-17-6-2-1-3-7-17/h1-15H,16H2,(H,25,26). The number of carboxylic acids is 1. The summed E-state index contributed by atoms with van der Waals surface area (Å²) in [4.78, 5) is 11.7. The quantitative estimate of drug-likeness (QED) is 0.494. The zero-order valence-corrected chi connectivity index (χ0v) is 14.6. The fourth-order valence-electron chi connectivity index (χ4n) is 3.13. The van der Waals surface area contributed by atoms with Crippen LogP contribution in [-0.2, 0) is 6.61 Å². The second kappa shape index (κ2) is 7.34. The van der Waals surface area contributed by atoms with Gasteiger partial charge in [0, 0.05) is 0 Å². The van der Waals surface area contributed by atoms with Gasteiger partial charge in [0.1, 0.15) is 12.4 Å². The van der Waals surface area contributed by atoms with E-state index in [1.165, 1.54) is 0 Å². The number of ether oxygens (including phenoxy) is 1. The number of carboxylic acid groups (broad SMARTS) is 1. The van der Waals surface area contributed by atoms with E-state index >= 15 is 0 Å². The van der Waals surface area contributed by atoms with Gasteiger partial charge < -0.3 is 9.84 Å². The largest absolute Gasteiger partial charge is 0.489 e. The minimum absolute atomic E-state index is 0.298. The van der Waals surface area contributed by atoms with E-state index in [1.54, 1.807) is 6.07 Å². The molecule has 0 aliphatic rings. The summed E-state index contributed by atoms with van der Waals surface area (Å²) < 4.78 is 5.81. The van der Waals surface area contributed by atoms with Crippen LogP contribution >= 0.6 is 0 Å². The number of fused-ring (bicyclic) bond motifs is 1. The molecule has 0 saturated carbocycles. The van der Waals surface area contributed by atoms with E-state index in [9.17, 15) is 9.90 Å². The Bertz CT molecular complexity index is 1080. The maximum absolute atomic E-state index is 11.7. The normalized spacial score (nSPS) is 10.7. The molecule has 0 unspecified atom stereocenters. The molecule has 3 nitrogen and oxygen atoms in total. The van der Waals surface area contributed by atoms with Crippen molar-refractivity contribution < 1.29 is 14.6 Å². The molecule has 0 atom stereocenters. The van der Waals surface area contributed by atoms with Crippen molar-refractivity contribution in [2.45, 2.75) is 6.61 Å². The Morgan fingerprint density at radius 1 is 0.778 bits per heavy atom. The molecule has 1 N–H and O–H groups in total. The summed E-state index contributed by atoms with van der Waals surface area (Å²) in [5.41, 5.74) is 2.96. The highest BCUT2D eigenvalue weighted by Gasteiger charge is 2.13. The van der Waals surface area contributed by atoms with Crippen molar-refractivity contribution in [3.63, 3.8) is 0 Å². The first-order valence-electron chi connectivity index (χ1n) is 8.74. The van der Waals surface area contributed by atoms with E-state index in [2.05, 4.69) is 0 Å². The van der Waals surface area contributed by atoms with Crippen molar-refractivity contribution in [3.05, 3.63) is 102 Å². The molecule has 0 amide bonds. The monoisotopic (exact) mass is 354 g/mol. The molecule has 3 heteroatoms. The van der Waals surface area contributed by atoms with Crippen LogP contribution in [0, 0.1) is 0 Å². The zero-order valence-electron chi connectivity index (χ0n) is 14.6. The predicted octanol–water partition coefficient (Wildman–Crippen LogP) is 5.78. The highest BCUT2D eigenvalue weighted by atomic mass is 16.5. The van der Waals surface area contributed by atoms with E-state index in [0.717, 1.165) is 27.6 Å². The fourth-order valence-corrected chi connectivity index (χ4v) is 3.13. The predicted molar refractivity (Wildman–Crippen MR) is 107 cm³/mol. The Balaban J connectivity index is 1.63. The molecule has 0 fully saturated rings. The fraction of sp³-hybridized carbons (Fsp3) is 0.0417. The van der Waals surface area contributed by atoms with Crippen LogP contribution in [0.2, 0.25) is 0 Å². The van der Waals surface area contributed by atoms with Crippen molar-refractivity contribution in [1.29, 1.82) is 0 Å². The lowest BCUT2D eigenvalue weighted by Gasteiger charge is -2.11. The van der Waals surface area contributed by atoms with E-state index in [0.29, 0.717) is 17.7 Å². The highest BCUT2D eigenvalue weighted by molar-refractivity contribution is 6.02. The van der Waals surface area contributed by atoms with Gasteiger partial charge in [0.2, 0.25) is 0 Å². The molecular weight excluding hydrogens is 336 g/mol. The first-order chi connectivity index (χ1) is 13.2. The van der Waals surface area contributed by atoms with Crippen LogP contribution in [0.25, 0.3) is 21.9 Å². The number of benzene rings is 4. The van der Waals surface area contributed by atoms with Gasteiger partial charge in [-0.25, -0.2) is 4.79 Å². The van der Waals surface area contributed by atoms with Crippen molar-refractivity contribution in [2.24, 2.45) is 0 Å².